The molecule has 1 heterocycles. The number of nitro benzene ring substituents is 1. The minimum Gasteiger partial charge on any atom is -0.410 e. The Morgan fingerprint density at radius 2 is 1.79 bits per heavy atom. The van der Waals surface area contributed by atoms with Crippen LogP contribution in [0.1, 0.15) is 19.4 Å². The van der Waals surface area contributed by atoms with Crippen LogP contribution < -0.4 is 4.74 Å². The van der Waals surface area contributed by atoms with Gasteiger partial charge >= 0.3 is 6.09 Å². The van der Waals surface area contributed by atoms with Crippen LogP contribution in [0.25, 0.3) is 0 Å². The highest BCUT2D eigenvalue weighted by atomic mass is 19.2. The monoisotopic (exact) mass is 465 g/mol. The Labute approximate surface area is 185 Å². The van der Waals surface area contributed by atoms with Gasteiger partial charge in [-0.3, -0.25) is 19.8 Å². The van der Waals surface area contributed by atoms with Crippen molar-refractivity contribution in [2.45, 2.75) is 25.6 Å². The van der Waals surface area contributed by atoms with Gasteiger partial charge in [-0.2, -0.15) is 0 Å². The summed E-state index contributed by atoms with van der Waals surface area (Å²) in [5, 5.41) is 10.8. The normalized spacial score (nSPS) is 20.2. The predicted molar refractivity (Wildman–Crippen MR) is 108 cm³/mol. The summed E-state index contributed by atoms with van der Waals surface area (Å²) in [6.45, 7) is 1.93. The number of nitrogens with zero attached hydrogens (tertiary/aromatic N) is 3. The number of hydrogen-bond donors (Lipinski definition) is 0. The van der Waals surface area contributed by atoms with Crippen LogP contribution in [0.15, 0.2) is 41.4 Å². The van der Waals surface area contributed by atoms with Gasteiger partial charge in [0.25, 0.3) is 5.69 Å². The van der Waals surface area contributed by atoms with E-state index < -0.39 is 58.1 Å². The maximum absolute atomic E-state index is 14.7. The molecule has 33 heavy (non-hydrogen) atoms. The highest BCUT2D eigenvalue weighted by Crippen LogP contribution is 2.36. The van der Waals surface area contributed by atoms with Crippen molar-refractivity contribution in [3.05, 3.63) is 69.5 Å². The lowest BCUT2D eigenvalue weighted by molar-refractivity contribution is -0.384. The van der Waals surface area contributed by atoms with Crippen LogP contribution >= 0.6 is 0 Å². The van der Waals surface area contributed by atoms with Crippen molar-refractivity contribution in [2.24, 2.45) is 4.99 Å². The van der Waals surface area contributed by atoms with Crippen molar-refractivity contribution < 1.29 is 37.2 Å². The summed E-state index contributed by atoms with van der Waals surface area (Å²) >= 11 is 0. The second-order valence-electron chi connectivity index (χ2n) is 7.21. The lowest BCUT2D eigenvalue weighted by Crippen LogP contribution is -2.59. The number of non-ortho nitro benzene ring substituents is 1. The van der Waals surface area contributed by atoms with Crippen molar-refractivity contribution >= 4 is 23.3 Å². The lowest BCUT2D eigenvalue weighted by atomic mass is 9.72. The quantitative estimate of drug-likeness (QED) is 0.378. The topological polar surface area (TPSA) is 111 Å². The van der Waals surface area contributed by atoms with Gasteiger partial charge in [-0.1, -0.05) is 6.07 Å². The number of methoxy groups -OCH3 is 1. The lowest BCUT2D eigenvalue weighted by Gasteiger charge is -2.42. The van der Waals surface area contributed by atoms with Gasteiger partial charge in [0, 0.05) is 30.5 Å². The average Bonchev–Trinajstić information content (AvgIpc) is 2.77. The third-order valence-corrected chi connectivity index (χ3v) is 5.39. The summed E-state index contributed by atoms with van der Waals surface area (Å²) in [7, 11) is 1.23. The third kappa shape index (κ3) is 4.16. The molecule has 2 aromatic carbocycles. The molecular weight excluding hydrogens is 447 g/mol. The van der Waals surface area contributed by atoms with E-state index in [0.717, 1.165) is 30.0 Å². The first-order valence-electron chi connectivity index (χ1n) is 9.48. The number of amides is 1. The molecule has 0 aromatic heterocycles. The fraction of sp³-hybridized carbons (Fsp3) is 0.286. The number of hydrogen-bond acceptors (Lipinski definition) is 7. The average molecular weight is 465 g/mol. The van der Waals surface area contributed by atoms with Crippen LogP contribution in [-0.4, -0.2) is 47.4 Å². The number of Topliss-reactive ketones (excluding diaryl/α,β-unsaturated/α-hetero) is 1. The van der Waals surface area contributed by atoms with Crippen molar-refractivity contribution in [1.82, 2.24) is 4.90 Å². The van der Waals surface area contributed by atoms with Gasteiger partial charge in [0.2, 0.25) is 6.35 Å². The van der Waals surface area contributed by atoms with E-state index in [1.165, 1.54) is 26.2 Å². The molecule has 0 aliphatic carbocycles. The number of halogens is 3. The molecular formula is C21H18F3N3O6. The van der Waals surface area contributed by atoms with E-state index in [4.69, 9.17) is 9.47 Å². The molecule has 0 spiro atoms. The predicted octanol–water partition coefficient (Wildman–Crippen LogP) is 3.74. The molecule has 9 nitrogen and oxygen atoms in total. The number of nitro groups is 1. The summed E-state index contributed by atoms with van der Waals surface area (Å²) in [5.74, 6) is -5.53. The van der Waals surface area contributed by atoms with Crippen LogP contribution in [0.2, 0.25) is 0 Å². The summed E-state index contributed by atoms with van der Waals surface area (Å²) < 4.78 is 52.6. The number of carbonyl (C=O) groups excluding carboxylic acids is 2. The van der Waals surface area contributed by atoms with Crippen molar-refractivity contribution in [3.63, 3.8) is 0 Å². The maximum Gasteiger partial charge on any atom is 0.418 e. The number of ether oxygens (including phenoxy) is 2. The Morgan fingerprint density at radius 3 is 2.33 bits per heavy atom. The molecule has 2 unspecified atom stereocenters. The van der Waals surface area contributed by atoms with Gasteiger partial charge in [0.15, 0.2) is 17.5 Å². The molecule has 0 N–H and O–H groups in total. The van der Waals surface area contributed by atoms with E-state index >= 15 is 0 Å². The molecule has 1 amide bonds. The fourth-order valence-electron chi connectivity index (χ4n) is 3.61. The second-order valence-corrected chi connectivity index (χ2v) is 7.21. The van der Waals surface area contributed by atoms with Gasteiger partial charge < -0.3 is 9.47 Å². The van der Waals surface area contributed by atoms with Crippen molar-refractivity contribution in [3.8, 4) is 5.75 Å². The highest BCUT2D eigenvalue weighted by Gasteiger charge is 2.50. The Bertz CT molecular complexity index is 1150. The Hall–Kier alpha value is -3.80. The largest absolute Gasteiger partial charge is 0.418 e. The van der Waals surface area contributed by atoms with E-state index in [9.17, 15) is 32.9 Å². The van der Waals surface area contributed by atoms with E-state index in [-0.39, 0.29) is 17.1 Å². The first-order chi connectivity index (χ1) is 15.5. The Balaban J connectivity index is 2.03. The van der Waals surface area contributed by atoms with E-state index in [0.29, 0.717) is 6.07 Å². The van der Waals surface area contributed by atoms with Crippen LogP contribution in [-0.2, 0) is 14.9 Å². The minimum atomic E-state index is -1.94. The smallest absolute Gasteiger partial charge is 0.410 e. The summed E-state index contributed by atoms with van der Waals surface area (Å²) in [4.78, 5) is 40.8. The zero-order valence-electron chi connectivity index (χ0n) is 17.7. The number of aliphatic imine (C=N–C) groups is 1. The van der Waals surface area contributed by atoms with Crippen LogP contribution in [0.3, 0.4) is 0 Å². The van der Waals surface area contributed by atoms with Crippen LogP contribution in [0, 0.1) is 27.6 Å². The SMILES string of the molecule is COC1N=C(C)C(C(C)=O)(c2ccc(F)c(F)c2F)CN1C(=O)Oc1ccc([N+](=O)[O-])cc1. The molecule has 12 heteroatoms. The molecule has 174 valence electrons. The van der Waals surface area contributed by atoms with E-state index in [2.05, 4.69) is 4.99 Å². The van der Waals surface area contributed by atoms with Crippen molar-refractivity contribution in [1.29, 1.82) is 0 Å². The first kappa shape index (κ1) is 23.9. The Kier molecular flexibility index (Phi) is 6.49. The van der Waals surface area contributed by atoms with E-state index in [1.54, 1.807) is 0 Å². The van der Waals surface area contributed by atoms with Crippen LogP contribution in [0.5, 0.6) is 5.75 Å². The molecule has 0 fully saturated rings. The van der Waals surface area contributed by atoms with Crippen molar-refractivity contribution in [2.75, 3.05) is 13.7 Å². The second kappa shape index (κ2) is 8.98. The van der Waals surface area contributed by atoms with Gasteiger partial charge in [-0.25, -0.2) is 23.0 Å². The summed E-state index contributed by atoms with van der Waals surface area (Å²) in [6.07, 6.45) is -2.34. The molecule has 2 aromatic rings. The molecule has 0 radical (unpaired) electrons. The minimum absolute atomic E-state index is 0.0196. The van der Waals surface area contributed by atoms with Gasteiger partial charge in [0.1, 0.15) is 16.9 Å². The number of benzene rings is 2. The fourth-order valence-corrected chi connectivity index (χ4v) is 3.61. The molecule has 0 saturated carbocycles. The molecule has 1 aliphatic heterocycles. The third-order valence-electron chi connectivity index (χ3n) is 5.39. The molecule has 2 atom stereocenters. The maximum atomic E-state index is 14.7. The number of carbonyl (C=O) groups is 2. The van der Waals surface area contributed by atoms with Gasteiger partial charge in [0.05, 0.1) is 11.5 Å². The van der Waals surface area contributed by atoms with Gasteiger partial charge in [-0.15, -0.1) is 0 Å². The Morgan fingerprint density at radius 1 is 1.15 bits per heavy atom. The highest BCUT2D eigenvalue weighted by molar-refractivity contribution is 6.14. The molecule has 3 rings (SSSR count). The number of rotatable bonds is 5. The molecule has 0 bridgehead atoms. The van der Waals surface area contributed by atoms with Crippen LogP contribution in [0.4, 0.5) is 23.7 Å². The zero-order valence-corrected chi connectivity index (χ0v) is 17.7. The van der Waals surface area contributed by atoms with Gasteiger partial charge in [-0.05, 0) is 32.0 Å². The first-order valence-corrected chi connectivity index (χ1v) is 9.48. The zero-order chi connectivity index (χ0) is 24.5. The van der Waals surface area contributed by atoms with E-state index in [1.807, 2.05) is 0 Å². The summed E-state index contributed by atoms with van der Waals surface area (Å²) in [5.41, 5.74) is -2.65. The molecule has 1 aliphatic rings. The molecule has 0 saturated heterocycles. The number of ketones is 1. The standard InChI is InChI=1S/C21H18F3N3O6/c1-11-21(12(2)28,15-8-9-16(22)18(24)17(15)23)10-26(19(25-11)32-3)20(29)33-14-6-4-13(5-7-14)27(30)31/h4-9,19H,10H2,1-3H3. The summed E-state index contributed by atoms with van der Waals surface area (Å²) in [6, 6.07) is 6.19.